The van der Waals surface area contributed by atoms with E-state index in [4.69, 9.17) is 9.47 Å². The molecule has 5 nitrogen and oxygen atoms in total. The lowest BCUT2D eigenvalue weighted by Gasteiger charge is -2.13. The highest BCUT2D eigenvalue weighted by atomic mass is 16.5. The fourth-order valence-electron chi connectivity index (χ4n) is 3.30. The van der Waals surface area contributed by atoms with Gasteiger partial charge in [0.2, 0.25) is 0 Å². The van der Waals surface area contributed by atoms with Crippen molar-refractivity contribution in [2.24, 2.45) is 0 Å². The van der Waals surface area contributed by atoms with Gasteiger partial charge in [0, 0.05) is 24.6 Å². The average Bonchev–Trinajstić information content (AvgIpc) is 3.15. The van der Waals surface area contributed by atoms with E-state index in [1.54, 1.807) is 0 Å². The maximum atomic E-state index is 11.9. The summed E-state index contributed by atoms with van der Waals surface area (Å²) in [7, 11) is 0. The summed E-state index contributed by atoms with van der Waals surface area (Å²) < 4.78 is 11.1. The average molecular weight is 364 g/mol. The van der Waals surface area contributed by atoms with Crippen molar-refractivity contribution in [3.05, 3.63) is 24.3 Å². The molecule has 5 heteroatoms. The molecular weight excluding hydrogens is 328 g/mol. The van der Waals surface area contributed by atoms with Crippen molar-refractivity contribution in [3.8, 4) is 5.75 Å². The molecule has 2 rings (SSSR count). The van der Waals surface area contributed by atoms with Crippen LogP contribution in [0.1, 0.15) is 58.3 Å². The monoisotopic (exact) mass is 363 g/mol. The van der Waals surface area contributed by atoms with Gasteiger partial charge in [-0.15, -0.1) is 0 Å². The molecule has 1 amide bonds. The lowest BCUT2D eigenvalue weighted by molar-refractivity contribution is -0.887. The first-order valence-corrected chi connectivity index (χ1v) is 10.3. The van der Waals surface area contributed by atoms with Crippen molar-refractivity contribution < 1.29 is 19.2 Å². The standard InChI is InChI=1S/C21H34N2O3/c1-2-3-4-5-6-9-16-25-20-12-10-11-19(18-20)22-21(24)26-17-15-23-13-7-8-14-23/h10-12,18H,2-9,13-17H2,1H3,(H,22,24)/p+1. The number of unbranched alkanes of at least 4 members (excludes halogenated alkanes) is 5. The Bertz CT molecular complexity index is 516. The van der Waals surface area contributed by atoms with E-state index < -0.39 is 6.09 Å². The number of ether oxygens (including phenoxy) is 2. The smallest absolute Gasteiger partial charge is 0.411 e. The Morgan fingerprint density at radius 3 is 2.65 bits per heavy atom. The molecule has 1 heterocycles. The molecule has 0 aliphatic carbocycles. The molecule has 0 radical (unpaired) electrons. The minimum Gasteiger partial charge on any atom is -0.494 e. The zero-order valence-electron chi connectivity index (χ0n) is 16.2. The first kappa shape index (κ1) is 20.6. The highest BCUT2D eigenvalue weighted by Gasteiger charge is 2.15. The fourth-order valence-corrected chi connectivity index (χ4v) is 3.30. The minimum atomic E-state index is -0.392. The maximum absolute atomic E-state index is 11.9. The molecule has 1 aromatic rings. The van der Waals surface area contributed by atoms with Crippen LogP contribution in [0.4, 0.5) is 10.5 Å². The Balaban J connectivity index is 1.60. The van der Waals surface area contributed by atoms with E-state index in [-0.39, 0.29) is 0 Å². The number of amides is 1. The van der Waals surface area contributed by atoms with Gasteiger partial charge < -0.3 is 14.4 Å². The number of nitrogens with one attached hydrogen (secondary N) is 2. The van der Waals surface area contributed by atoms with Crippen molar-refractivity contribution in [1.82, 2.24) is 0 Å². The number of carbonyl (C=O) groups is 1. The Labute approximate surface area is 158 Å². The molecule has 0 saturated carbocycles. The summed E-state index contributed by atoms with van der Waals surface area (Å²) in [6.45, 7) is 6.71. The van der Waals surface area contributed by atoms with Crippen LogP contribution in [-0.4, -0.2) is 38.9 Å². The normalized spacial score (nSPS) is 14.3. The molecule has 1 aromatic carbocycles. The summed E-state index contributed by atoms with van der Waals surface area (Å²) in [5.41, 5.74) is 0.712. The van der Waals surface area contributed by atoms with Gasteiger partial charge in [-0.3, -0.25) is 5.32 Å². The second-order valence-electron chi connectivity index (χ2n) is 7.11. The number of hydrogen-bond donors (Lipinski definition) is 2. The lowest BCUT2D eigenvalue weighted by Crippen LogP contribution is -3.10. The van der Waals surface area contributed by atoms with Gasteiger partial charge in [0.1, 0.15) is 18.9 Å². The van der Waals surface area contributed by atoms with Crippen LogP contribution in [0.15, 0.2) is 24.3 Å². The van der Waals surface area contributed by atoms with Gasteiger partial charge >= 0.3 is 6.09 Å². The molecular formula is C21H35N2O3+. The summed E-state index contributed by atoms with van der Waals surface area (Å²) in [5.74, 6) is 0.790. The van der Waals surface area contributed by atoms with Crippen LogP contribution in [-0.2, 0) is 4.74 Å². The highest BCUT2D eigenvalue weighted by Crippen LogP contribution is 2.18. The van der Waals surface area contributed by atoms with E-state index in [0.29, 0.717) is 12.3 Å². The number of quaternary nitrogens is 1. The molecule has 1 fully saturated rings. The van der Waals surface area contributed by atoms with E-state index in [2.05, 4.69) is 12.2 Å². The van der Waals surface area contributed by atoms with Crippen LogP contribution in [0.5, 0.6) is 5.75 Å². The zero-order valence-corrected chi connectivity index (χ0v) is 16.2. The van der Waals surface area contributed by atoms with E-state index in [1.165, 1.54) is 62.9 Å². The van der Waals surface area contributed by atoms with Gasteiger partial charge in [0.25, 0.3) is 0 Å². The Morgan fingerprint density at radius 2 is 1.85 bits per heavy atom. The first-order chi connectivity index (χ1) is 12.8. The molecule has 1 aliphatic rings. The third-order valence-corrected chi connectivity index (χ3v) is 4.85. The second kappa shape index (κ2) is 12.6. The van der Waals surface area contributed by atoms with Crippen molar-refractivity contribution >= 4 is 11.8 Å². The summed E-state index contributed by atoms with van der Waals surface area (Å²) in [6, 6.07) is 7.51. The maximum Gasteiger partial charge on any atom is 0.411 e. The van der Waals surface area contributed by atoms with Gasteiger partial charge in [-0.25, -0.2) is 4.79 Å². The van der Waals surface area contributed by atoms with Crippen molar-refractivity contribution in [2.45, 2.75) is 58.3 Å². The molecule has 2 N–H and O–H groups in total. The molecule has 0 unspecified atom stereocenters. The minimum absolute atomic E-state index is 0.392. The number of benzene rings is 1. The molecule has 0 atom stereocenters. The first-order valence-electron chi connectivity index (χ1n) is 10.3. The number of rotatable bonds is 12. The van der Waals surface area contributed by atoms with Crippen LogP contribution in [0.3, 0.4) is 0 Å². The van der Waals surface area contributed by atoms with Crippen LogP contribution in [0, 0.1) is 0 Å². The van der Waals surface area contributed by atoms with Crippen LogP contribution in [0.25, 0.3) is 0 Å². The Morgan fingerprint density at radius 1 is 1.08 bits per heavy atom. The summed E-state index contributed by atoms with van der Waals surface area (Å²) in [6.07, 6.45) is 9.66. The predicted octanol–water partition coefficient (Wildman–Crippen LogP) is 3.65. The molecule has 146 valence electrons. The van der Waals surface area contributed by atoms with Gasteiger partial charge in [0.15, 0.2) is 0 Å². The SMILES string of the molecule is CCCCCCCCOc1cccc(NC(=O)OCC[NH+]2CCCC2)c1. The highest BCUT2D eigenvalue weighted by molar-refractivity contribution is 5.84. The van der Waals surface area contributed by atoms with Gasteiger partial charge in [-0.05, 0) is 18.6 Å². The van der Waals surface area contributed by atoms with E-state index in [9.17, 15) is 4.79 Å². The zero-order chi connectivity index (χ0) is 18.5. The fraction of sp³-hybridized carbons (Fsp3) is 0.667. The lowest BCUT2D eigenvalue weighted by atomic mass is 10.1. The third kappa shape index (κ3) is 8.56. The molecule has 1 saturated heterocycles. The van der Waals surface area contributed by atoms with Gasteiger partial charge in [-0.2, -0.15) is 0 Å². The molecule has 0 aromatic heterocycles. The van der Waals surface area contributed by atoms with Gasteiger partial charge in [-0.1, -0.05) is 45.1 Å². The van der Waals surface area contributed by atoms with E-state index in [1.807, 2.05) is 24.3 Å². The van der Waals surface area contributed by atoms with Gasteiger partial charge in [0.05, 0.1) is 19.7 Å². The molecule has 1 aliphatic heterocycles. The molecule has 0 spiro atoms. The number of carbonyl (C=O) groups excluding carboxylic acids is 1. The van der Waals surface area contributed by atoms with Crippen LogP contribution < -0.4 is 15.0 Å². The summed E-state index contributed by atoms with van der Waals surface area (Å²) in [5, 5.41) is 2.78. The predicted molar refractivity (Wildman–Crippen MR) is 105 cm³/mol. The van der Waals surface area contributed by atoms with Crippen LogP contribution in [0.2, 0.25) is 0 Å². The van der Waals surface area contributed by atoms with E-state index >= 15 is 0 Å². The van der Waals surface area contributed by atoms with E-state index in [0.717, 1.165) is 25.3 Å². The largest absolute Gasteiger partial charge is 0.494 e. The second-order valence-corrected chi connectivity index (χ2v) is 7.11. The van der Waals surface area contributed by atoms with Crippen molar-refractivity contribution in [1.29, 1.82) is 0 Å². The number of likely N-dealkylation sites (tertiary alicyclic amines) is 1. The van der Waals surface area contributed by atoms with Crippen LogP contribution >= 0.6 is 0 Å². The quantitative estimate of drug-likeness (QED) is 0.557. The number of hydrogen-bond acceptors (Lipinski definition) is 3. The third-order valence-electron chi connectivity index (χ3n) is 4.85. The summed E-state index contributed by atoms with van der Waals surface area (Å²) in [4.78, 5) is 13.4. The molecule has 0 bridgehead atoms. The Hall–Kier alpha value is -1.75. The Kier molecular flexibility index (Phi) is 9.95. The molecule has 26 heavy (non-hydrogen) atoms. The van der Waals surface area contributed by atoms with Crippen molar-refractivity contribution in [2.75, 3.05) is 38.2 Å². The summed E-state index contributed by atoms with van der Waals surface area (Å²) >= 11 is 0. The topological polar surface area (TPSA) is 52.0 Å². The number of anilines is 1. The van der Waals surface area contributed by atoms with Crippen molar-refractivity contribution in [3.63, 3.8) is 0 Å².